The lowest BCUT2D eigenvalue weighted by atomic mass is 9.80. The Bertz CT molecular complexity index is 643. The van der Waals surface area contributed by atoms with E-state index in [1.807, 2.05) is 0 Å². The number of rotatable bonds is 8. The van der Waals surface area contributed by atoms with Crippen LogP contribution in [-0.4, -0.2) is 54.3 Å². The van der Waals surface area contributed by atoms with Crippen LogP contribution in [0.5, 0.6) is 0 Å². The van der Waals surface area contributed by atoms with Gasteiger partial charge in [0.1, 0.15) is 0 Å². The summed E-state index contributed by atoms with van der Waals surface area (Å²) in [6.45, 7) is 4.21. The summed E-state index contributed by atoms with van der Waals surface area (Å²) >= 11 is 0. The highest BCUT2D eigenvalue weighted by atomic mass is 32.2. The fraction of sp³-hybridized carbons (Fsp3) is 0.667. The number of furan rings is 1. The fourth-order valence-electron chi connectivity index (χ4n) is 2.73. The van der Waals surface area contributed by atoms with Crippen LogP contribution in [0.1, 0.15) is 30.3 Å². The Morgan fingerprint density at radius 2 is 2.08 bits per heavy atom. The SMILES string of the molecule is CCOC(=O)c1ccc(S(=O)(=O)NCC2(COC)CCNCC2)o1. The number of ether oxygens (including phenoxy) is 2. The van der Waals surface area contributed by atoms with Gasteiger partial charge in [-0.1, -0.05) is 0 Å². The van der Waals surface area contributed by atoms with Crippen LogP contribution in [0, 0.1) is 5.41 Å². The van der Waals surface area contributed by atoms with Crippen LogP contribution >= 0.6 is 0 Å². The number of carbonyl (C=O) groups is 1. The van der Waals surface area contributed by atoms with E-state index in [0.717, 1.165) is 25.9 Å². The predicted molar refractivity (Wildman–Crippen MR) is 86.3 cm³/mol. The number of sulfonamides is 1. The van der Waals surface area contributed by atoms with Crippen molar-refractivity contribution in [3.63, 3.8) is 0 Å². The van der Waals surface area contributed by atoms with E-state index in [2.05, 4.69) is 10.0 Å². The zero-order valence-corrected chi connectivity index (χ0v) is 14.8. The molecule has 0 atom stereocenters. The standard InChI is InChI=1S/C15H24N2O6S/c1-3-22-14(18)12-4-5-13(23-12)24(19,20)17-10-15(11-21-2)6-8-16-9-7-15/h4-5,16-17H,3,6-11H2,1-2H3. The van der Waals surface area contributed by atoms with Gasteiger partial charge in [-0.05, 0) is 45.0 Å². The molecule has 0 unspecified atom stereocenters. The van der Waals surface area contributed by atoms with Crippen molar-refractivity contribution in [1.29, 1.82) is 0 Å². The van der Waals surface area contributed by atoms with Crippen LogP contribution in [0.4, 0.5) is 0 Å². The summed E-state index contributed by atoms with van der Waals surface area (Å²) in [5.74, 6) is -0.821. The maximum absolute atomic E-state index is 12.4. The first-order chi connectivity index (χ1) is 11.4. The van der Waals surface area contributed by atoms with Gasteiger partial charge < -0.3 is 19.2 Å². The number of methoxy groups -OCH3 is 1. The van der Waals surface area contributed by atoms with Crippen LogP contribution < -0.4 is 10.0 Å². The molecule has 9 heteroatoms. The van der Waals surface area contributed by atoms with E-state index >= 15 is 0 Å². The van der Waals surface area contributed by atoms with Crippen molar-refractivity contribution in [2.24, 2.45) is 5.41 Å². The van der Waals surface area contributed by atoms with Crippen molar-refractivity contribution in [2.75, 3.05) is 40.0 Å². The van der Waals surface area contributed by atoms with Gasteiger partial charge in [0, 0.05) is 19.1 Å². The van der Waals surface area contributed by atoms with E-state index in [4.69, 9.17) is 13.9 Å². The average Bonchev–Trinajstić information content (AvgIpc) is 3.06. The normalized spacial score (nSPS) is 17.6. The van der Waals surface area contributed by atoms with Gasteiger partial charge in [-0.2, -0.15) is 0 Å². The number of hydrogen-bond donors (Lipinski definition) is 2. The van der Waals surface area contributed by atoms with Gasteiger partial charge in [-0.3, -0.25) is 0 Å². The van der Waals surface area contributed by atoms with Crippen molar-refractivity contribution in [1.82, 2.24) is 10.0 Å². The van der Waals surface area contributed by atoms with Crippen molar-refractivity contribution in [2.45, 2.75) is 24.9 Å². The second-order valence-electron chi connectivity index (χ2n) is 5.85. The predicted octanol–water partition coefficient (Wildman–Crippen LogP) is 0.751. The maximum atomic E-state index is 12.4. The molecular weight excluding hydrogens is 336 g/mol. The molecule has 1 saturated heterocycles. The Morgan fingerprint density at radius 3 is 2.71 bits per heavy atom. The Kier molecular flexibility index (Phi) is 6.39. The largest absolute Gasteiger partial charge is 0.460 e. The summed E-state index contributed by atoms with van der Waals surface area (Å²) in [5, 5.41) is 2.95. The van der Waals surface area contributed by atoms with Crippen LogP contribution in [0.3, 0.4) is 0 Å². The quantitative estimate of drug-likeness (QED) is 0.659. The van der Waals surface area contributed by atoms with E-state index in [-0.39, 0.29) is 29.4 Å². The molecule has 1 aromatic heterocycles. The molecule has 0 aromatic carbocycles. The molecule has 8 nitrogen and oxygen atoms in total. The highest BCUT2D eigenvalue weighted by Crippen LogP contribution is 2.29. The van der Waals surface area contributed by atoms with Crippen LogP contribution in [-0.2, 0) is 19.5 Å². The summed E-state index contributed by atoms with van der Waals surface area (Å²) in [5.41, 5.74) is -0.246. The molecule has 2 N–H and O–H groups in total. The van der Waals surface area contributed by atoms with E-state index in [0.29, 0.717) is 6.61 Å². The molecule has 1 aromatic rings. The highest BCUT2D eigenvalue weighted by molar-refractivity contribution is 7.89. The molecule has 0 aliphatic carbocycles. The molecule has 1 aliphatic heterocycles. The zero-order valence-electron chi connectivity index (χ0n) is 14.0. The zero-order chi connectivity index (χ0) is 17.6. The molecule has 24 heavy (non-hydrogen) atoms. The summed E-state index contributed by atoms with van der Waals surface area (Å²) in [6, 6.07) is 2.54. The molecule has 2 rings (SSSR count). The minimum absolute atomic E-state index is 0.134. The van der Waals surface area contributed by atoms with Crippen molar-refractivity contribution in [3.8, 4) is 0 Å². The van der Waals surface area contributed by atoms with Crippen LogP contribution in [0.25, 0.3) is 0 Å². The van der Waals surface area contributed by atoms with Gasteiger partial charge in [-0.25, -0.2) is 17.9 Å². The molecule has 0 bridgehead atoms. The summed E-state index contributed by atoms with van der Waals surface area (Å²) in [4.78, 5) is 11.6. The van der Waals surface area contributed by atoms with Crippen molar-refractivity contribution in [3.05, 3.63) is 17.9 Å². The smallest absolute Gasteiger partial charge is 0.374 e. The second-order valence-corrected chi connectivity index (χ2v) is 7.54. The van der Waals surface area contributed by atoms with E-state index < -0.39 is 16.0 Å². The van der Waals surface area contributed by atoms with Crippen LogP contribution in [0.2, 0.25) is 0 Å². The molecule has 1 fully saturated rings. The molecule has 2 heterocycles. The molecule has 0 spiro atoms. The number of esters is 1. The lowest BCUT2D eigenvalue weighted by Crippen LogP contribution is -2.47. The number of piperidine rings is 1. The van der Waals surface area contributed by atoms with Crippen molar-refractivity contribution >= 4 is 16.0 Å². The third-order valence-corrected chi connectivity index (χ3v) is 5.35. The van der Waals surface area contributed by atoms with E-state index in [1.165, 1.54) is 12.1 Å². The maximum Gasteiger partial charge on any atom is 0.374 e. The molecule has 1 aliphatic rings. The lowest BCUT2D eigenvalue weighted by molar-refractivity contribution is 0.0483. The van der Waals surface area contributed by atoms with Gasteiger partial charge in [0.25, 0.3) is 10.0 Å². The third kappa shape index (κ3) is 4.56. The highest BCUT2D eigenvalue weighted by Gasteiger charge is 2.34. The molecule has 136 valence electrons. The first kappa shape index (κ1) is 18.9. The molecular formula is C15H24N2O6S. The Morgan fingerprint density at radius 1 is 1.38 bits per heavy atom. The molecule has 0 saturated carbocycles. The summed E-state index contributed by atoms with van der Waals surface area (Å²) < 4.78 is 42.6. The number of carbonyl (C=O) groups excluding carboxylic acids is 1. The summed E-state index contributed by atoms with van der Waals surface area (Å²) in [6.07, 6.45) is 1.63. The Balaban J connectivity index is 2.06. The number of hydrogen-bond acceptors (Lipinski definition) is 7. The number of nitrogens with one attached hydrogen (secondary N) is 2. The van der Waals surface area contributed by atoms with Gasteiger partial charge >= 0.3 is 5.97 Å². The van der Waals surface area contributed by atoms with Gasteiger partial charge in [-0.15, -0.1) is 0 Å². The average molecular weight is 360 g/mol. The minimum atomic E-state index is -3.84. The van der Waals surface area contributed by atoms with E-state index in [1.54, 1.807) is 14.0 Å². The molecule has 0 amide bonds. The van der Waals surface area contributed by atoms with Gasteiger partial charge in [0.05, 0.1) is 13.2 Å². The topological polar surface area (TPSA) is 107 Å². The second kappa shape index (κ2) is 8.11. The first-order valence-electron chi connectivity index (χ1n) is 7.89. The monoisotopic (exact) mass is 360 g/mol. The van der Waals surface area contributed by atoms with Crippen molar-refractivity contribution < 1.29 is 27.1 Å². The lowest BCUT2D eigenvalue weighted by Gasteiger charge is -2.36. The fourth-order valence-corrected chi connectivity index (χ4v) is 3.82. The summed E-state index contributed by atoms with van der Waals surface area (Å²) in [7, 11) is -2.24. The Hall–Kier alpha value is -1.42. The van der Waals surface area contributed by atoms with Crippen LogP contribution in [0.15, 0.2) is 21.6 Å². The van der Waals surface area contributed by atoms with Gasteiger partial charge in [0.15, 0.2) is 0 Å². The Labute approximate surface area is 141 Å². The minimum Gasteiger partial charge on any atom is -0.460 e. The third-order valence-electron chi connectivity index (χ3n) is 4.07. The first-order valence-corrected chi connectivity index (χ1v) is 9.37. The van der Waals surface area contributed by atoms with Gasteiger partial charge in [0.2, 0.25) is 10.9 Å². The van der Waals surface area contributed by atoms with E-state index in [9.17, 15) is 13.2 Å². The molecule has 0 radical (unpaired) electrons.